The van der Waals surface area contributed by atoms with E-state index in [0.29, 0.717) is 5.02 Å². The predicted molar refractivity (Wildman–Crippen MR) is 138 cm³/mol. The van der Waals surface area contributed by atoms with Crippen LogP contribution in [0.3, 0.4) is 0 Å². The Morgan fingerprint density at radius 2 is 1.78 bits per heavy atom. The second-order valence-electron chi connectivity index (χ2n) is 10.7. The van der Waals surface area contributed by atoms with Crippen molar-refractivity contribution in [2.24, 2.45) is 22.7 Å². The first-order chi connectivity index (χ1) is 14.7. The molecule has 1 unspecified atom stereocenters. The predicted octanol–water partition coefficient (Wildman–Crippen LogP) is 6.53. The number of amidine groups is 1. The summed E-state index contributed by atoms with van der Waals surface area (Å²) in [6, 6.07) is 6.21. The zero-order valence-corrected chi connectivity index (χ0v) is 21.9. The van der Waals surface area contributed by atoms with Gasteiger partial charge in [-0.25, -0.2) is 0 Å². The number of benzene rings is 1. The molecule has 0 aromatic heterocycles. The summed E-state index contributed by atoms with van der Waals surface area (Å²) < 4.78 is 0. The molecule has 1 aromatic rings. The second-order valence-corrected chi connectivity index (χ2v) is 12.0. The van der Waals surface area contributed by atoms with Gasteiger partial charge in [0.05, 0.1) is 5.54 Å². The number of amides is 1. The summed E-state index contributed by atoms with van der Waals surface area (Å²) in [7, 11) is 0. The molecule has 5 fully saturated rings. The van der Waals surface area contributed by atoms with Gasteiger partial charge in [0.2, 0.25) is 5.91 Å². The van der Waals surface area contributed by atoms with E-state index in [0.717, 1.165) is 39.9 Å². The average molecular weight is 497 g/mol. The molecule has 0 radical (unpaired) electrons. The minimum absolute atomic E-state index is 0. The number of carbonyl (C=O) groups is 1. The molecule has 4 aliphatic carbocycles. The molecule has 1 amide bonds. The molecule has 4 nitrogen and oxygen atoms in total. The lowest BCUT2D eigenvalue weighted by molar-refractivity contribution is -0.117. The molecule has 1 aliphatic heterocycles. The number of anilines is 1. The average Bonchev–Trinajstić information content (AvgIpc) is 3.06. The summed E-state index contributed by atoms with van der Waals surface area (Å²) in [5.74, 6) is 3.54. The highest BCUT2D eigenvalue weighted by molar-refractivity contribution is 8.14. The van der Waals surface area contributed by atoms with Gasteiger partial charge in [-0.05, 0) is 94.7 Å². The van der Waals surface area contributed by atoms with Crippen molar-refractivity contribution in [1.29, 1.82) is 0 Å². The van der Waals surface area contributed by atoms with Gasteiger partial charge in [-0.1, -0.05) is 29.4 Å². The fourth-order valence-corrected chi connectivity index (χ4v) is 8.51. The van der Waals surface area contributed by atoms with Crippen LogP contribution in [0, 0.1) is 24.7 Å². The van der Waals surface area contributed by atoms with Crippen molar-refractivity contribution < 1.29 is 4.79 Å². The Morgan fingerprint density at radius 3 is 2.28 bits per heavy atom. The number of thioether (sulfide) groups is 1. The third-order valence-corrected chi connectivity index (χ3v) is 9.30. The van der Waals surface area contributed by atoms with Crippen LogP contribution in [0.2, 0.25) is 5.02 Å². The highest BCUT2D eigenvalue weighted by atomic mass is 35.5. The summed E-state index contributed by atoms with van der Waals surface area (Å²) in [5.41, 5.74) is 2.04. The summed E-state index contributed by atoms with van der Waals surface area (Å²) in [6.07, 6.45) is 8.06. The topological polar surface area (TPSA) is 35.9 Å². The van der Waals surface area contributed by atoms with Gasteiger partial charge in [0.1, 0.15) is 6.17 Å². The summed E-state index contributed by atoms with van der Waals surface area (Å²) in [4.78, 5) is 22.7. The van der Waals surface area contributed by atoms with Gasteiger partial charge in [-0.3, -0.25) is 14.7 Å². The van der Waals surface area contributed by atoms with E-state index in [-0.39, 0.29) is 36.1 Å². The highest BCUT2D eigenvalue weighted by Gasteiger charge is 2.52. The molecule has 1 atom stereocenters. The van der Waals surface area contributed by atoms with Crippen LogP contribution in [-0.4, -0.2) is 39.5 Å². The van der Waals surface area contributed by atoms with Crippen LogP contribution >= 0.6 is 35.8 Å². The number of aryl methyl sites for hydroxylation is 1. The maximum Gasteiger partial charge on any atom is 0.225 e. The van der Waals surface area contributed by atoms with E-state index < -0.39 is 0 Å². The SMILES string of the molecule is CC(=O)N(c1ccc(C)c(Cl)c1)C1CSC(=NC23CC4CC(CC(C4)C2)C3)N1C(C)C.Cl. The molecule has 32 heavy (non-hydrogen) atoms. The van der Waals surface area contributed by atoms with Gasteiger partial charge in [-0.2, -0.15) is 0 Å². The Labute approximate surface area is 207 Å². The summed E-state index contributed by atoms with van der Waals surface area (Å²) in [6.45, 7) is 8.08. The molecule has 5 aliphatic rings. The lowest BCUT2D eigenvalue weighted by atomic mass is 9.53. The number of halogens is 2. The van der Waals surface area contributed by atoms with Crippen LogP contribution in [0.15, 0.2) is 23.2 Å². The number of rotatable bonds is 4. The molecular formula is C25H35Cl2N3OS. The number of hydrogen-bond acceptors (Lipinski definition) is 3. The fraction of sp³-hybridized carbons (Fsp3) is 0.680. The smallest absolute Gasteiger partial charge is 0.225 e. The van der Waals surface area contributed by atoms with Crippen molar-refractivity contribution in [3.8, 4) is 0 Å². The lowest BCUT2D eigenvalue weighted by Gasteiger charge is -2.55. The zero-order valence-electron chi connectivity index (χ0n) is 19.5. The number of aliphatic imine (C=N–C) groups is 1. The molecule has 0 N–H and O–H groups in total. The quantitative estimate of drug-likeness (QED) is 0.476. The van der Waals surface area contributed by atoms with Gasteiger partial charge in [0, 0.05) is 29.4 Å². The number of hydrogen-bond donors (Lipinski definition) is 0. The van der Waals surface area contributed by atoms with E-state index in [2.05, 4.69) is 18.7 Å². The molecule has 1 aromatic carbocycles. The third-order valence-electron chi connectivity index (χ3n) is 7.87. The van der Waals surface area contributed by atoms with Gasteiger partial charge < -0.3 is 4.90 Å². The molecule has 0 spiro atoms. The molecule has 4 bridgehead atoms. The monoisotopic (exact) mass is 495 g/mol. The molecule has 6 rings (SSSR count). The minimum atomic E-state index is -0.0334. The maximum atomic E-state index is 12.8. The largest absolute Gasteiger partial charge is 0.327 e. The molecule has 1 heterocycles. The van der Waals surface area contributed by atoms with Crippen LogP contribution in [-0.2, 0) is 4.79 Å². The van der Waals surface area contributed by atoms with E-state index in [4.69, 9.17) is 16.6 Å². The minimum Gasteiger partial charge on any atom is -0.327 e. The molecule has 7 heteroatoms. The molecular weight excluding hydrogens is 461 g/mol. The Balaban J connectivity index is 0.00000245. The van der Waals surface area contributed by atoms with Crippen LogP contribution < -0.4 is 4.90 Å². The summed E-state index contributed by atoms with van der Waals surface area (Å²) in [5, 5.41) is 1.85. The Bertz CT molecular complexity index is 883. The van der Waals surface area contributed by atoms with Crippen LogP contribution in [0.4, 0.5) is 5.69 Å². The van der Waals surface area contributed by atoms with Crippen LogP contribution in [0.5, 0.6) is 0 Å². The van der Waals surface area contributed by atoms with E-state index in [1.54, 1.807) is 6.92 Å². The summed E-state index contributed by atoms with van der Waals surface area (Å²) >= 11 is 8.25. The van der Waals surface area contributed by atoms with Gasteiger partial charge >= 0.3 is 0 Å². The van der Waals surface area contributed by atoms with Crippen molar-refractivity contribution in [1.82, 2.24) is 4.90 Å². The second kappa shape index (κ2) is 9.03. The van der Waals surface area contributed by atoms with Crippen molar-refractivity contribution in [2.75, 3.05) is 10.7 Å². The standard InChI is InChI=1S/C25H34ClN3OS.ClH/c1-15(2)28-23(29(17(4)30)21-6-5-16(3)22(26)10-21)14-31-24(28)27-25-11-18-7-19(12-25)9-20(8-18)13-25;/h5-6,10,15,18-20,23H,7-9,11-14H2,1-4H3;1H. The number of carbonyl (C=O) groups excluding carboxylic acids is 1. The molecule has 176 valence electrons. The highest BCUT2D eigenvalue weighted by Crippen LogP contribution is 2.57. The van der Waals surface area contributed by atoms with Crippen molar-refractivity contribution in [2.45, 2.75) is 84.0 Å². The lowest BCUT2D eigenvalue weighted by Crippen LogP contribution is -2.54. The Kier molecular flexibility index (Phi) is 6.84. The molecule has 1 saturated heterocycles. The first kappa shape index (κ1) is 24.2. The molecule has 4 saturated carbocycles. The van der Waals surface area contributed by atoms with E-state index >= 15 is 0 Å². The Hall–Kier alpha value is -0.910. The van der Waals surface area contributed by atoms with E-state index in [1.165, 1.54) is 38.5 Å². The van der Waals surface area contributed by atoms with E-state index in [1.807, 2.05) is 41.8 Å². The van der Waals surface area contributed by atoms with Crippen molar-refractivity contribution >= 4 is 52.5 Å². The first-order valence-corrected chi connectivity index (χ1v) is 13.2. The van der Waals surface area contributed by atoms with Gasteiger partial charge in [0.15, 0.2) is 5.17 Å². The normalized spacial score (nSPS) is 34.3. The Morgan fingerprint density at radius 1 is 1.19 bits per heavy atom. The maximum absolute atomic E-state index is 12.8. The van der Waals surface area contributed by atoms with Crippen molar-refractivity contribution in [3.05, 3.63) is 28.8 Å². The fourth-order valence-electron chi connectivity index (χ4n) is 6.99. The van der Waals surface area contributed by atoms with Gasteiger partial charge in [0.25, 0.3) is 0 Å². The van der Waals surface area contributed by atoms with Gasteiger partial charge in [-0.15, -0.1) is 12.4 Å². The number of nitrogens with zero attached hydrogens (tertiary/aromatic N) is 3. The van der Waals surface area contributed by atoms with Crippen molar-refractivity contribution in [3.63, 3.8) is 0 Å². The van der Waals surface area contributed by atoms with Crippen LogP contribution in [0.25, 0.3) is 0 Å². The zero-order chi connectivity index (χ0) is 21.9. The van der Waals surface area contributed by atoms with E-state index in [9.17, 15) is 4.79 Å². The third kappa shape index (κ3) is 4.30. The first-order valence-electron chi connectivity index (χ1n) is 11.8. The van der Waals surface area contributed by atoms with Crippen LogP contribution in [0.1, 0.15) is 64.9 Å².